The summed E-state index contributed by atoms with van der Waals surface area (Å²) in [6.45, 7) is 4.33. The summed E-state index contributed by atoms with van der Waals surface area (Å²) in [6, 6.07) is -0.0314. The van der Waals surface area contributed by atoms with E-state index in [1.165, 1.54) is 12.4 Å². The van der Waals surface area contributed by atoms with Crippen LogP contribution in [0.4, 0.5) is 5.95 Å². The highest BCUT2D eigenvalue weighted by atomic mass is 32.2. The van der Waals surface area contributed by atoms with Crippen LogP contribution in [-0.2, 0) is 10.0 Å². The standard InChI is InChI=1S/C12H21N5O2S/c1-12(2)5-3-4-9(6-12)17-20(18,19)10-7-14-11(16-13)15-8-10/h7-9,17H,3-6,13H2,1-2H3,(H,14,15,16). The minimum absolute atomic E-state index is 0.0314. The Balaban J connectivity index is 2.10. The summed E-state index contributed by atoms with van der Waals surface area (Å²) < 4.78 is 27.3. The first-order valence-electron chi connectivity index (χ1n) is 6.63. The van der Waals surface area contributed by atoms with Crippen molar-refractivity contribution in [3.05, 3.63) is 12.4 Å². The van der Waals surface area contributed by atoms with Gasteiger partial charge in [0, 0.05) is 6.04 Å². The highest BCUT2D eigenvalue weighted by Gasteiger charge is 2.31. The molecule has 1 fully saturated rings. The fourth-order valence-corrected chi connectivity index (χ4v) is 3.77. The van der Waals surface area contributed by atoms with Crippen molar-refractivity contribution in [2.45, 2.75) is 50.5 Å². The van der Waals surface area contributed by atoms with Gasteiger partial charge in [-0.15, -0.1) is 0 Å². The molecule has 20 heavy (non-hydrogen) atoms. The third kappa shape index (κ3) is 3.65. The Morgan fingerprint density at radius 1 is 1.35 bits per heavy atom. The first kappa shape index (κ1) is 15.1. The van der Waals surface area contributed by atoms with Gasteiger partial charge in [0.05, 0.1) is 12.4 Å². The maximum Gasteiger partial charge on any atom is 0.243 e. The van der Waals surface area contributed by atoms with Gasteiger partial charge in [-0.1, -0.05) is 20.3 Å². The van der Waals surface area contributed by atoms with Crippen LogP contribution >= 0.6 is 0 Å². The van der Waals surface area contributed by atoms with Crippen LogP contribution in [0.1, 0.15) is 39.5 Å². The monoisotopic (exact) mass is 299 g/mol. The van der Waals surface area contributed by atoms with E-state index in [9.17, 15) is 8.42 Å². The summed E-state index contributed by atoms with van der Waals surface area (Å²) in [5.74, 6) is 5.33. The number of nitrogens with one attached hydrogen (secondary N) is 2. The van der Waals surface area contributed by atoms with E-state index in [1.807, 2.05) is 0 Å². The Kier molecular flexibility index (Phi) is 4.26. The zero-order valence-corrected chi connectivity index (χ0v) is 12.6. The van der Waals surface area contributed by atoms with Crippen LogP contribution in [0.3, 0.4) is 0 Å². The Morgan fingerprint density at radius 2 is 2.00 bits per heavy atom. The van der Waals surface area contributed by atoms with E-state index in [1.54, 1.807) is 0 Å². The first-order chi connectivity index (χ1) is 9.32. The number of hydrogen-bond acceptors (Lipinski definition) is 6. The van der Waals surface area contributed by atoms with E-state index in [0.29, 0.717) is 0 Å². The van der Waals surface area contributed by atoms with Crippen LogP contribution in [0.15, 0.2) is 17.3 Å². The van der Waals surface area contributed by atoms with E-state index in [0.717, 1.165) is 25.7 Å². The van der Waals surface area contributed by atoms with Gasteiger partial charge in [0.2, 0.25) is 16.0 Å². The number of nitrogens with two attached hydrogens (primary N) is 1. The summed E-state index contributed by atoms with van der Waals surface area (Å²) in [5, 5.41) is 0. The predicted octanol–water partition coefficient (Wildman–Crippen LogP) is 1.01. The van der Waals surface area contributed by atoms with Gasteiger partial charge in [0.15, 0.2) is 0 Å². The molecule has 1 atom stereocenters. The summed E-state index contributed by atoms with van der Waals surface area (Å²) in [5.41, 5.74) is 2.44. The van der Waals surface area contributed by atoms with E-state index < -0.39 is 10.0 Å². The van der Waals surface area contributed by atoms with Crippen molar-refractivity contribution < 1.29 is 8.42 Å². The van der Waals surface area contributed by atoms with E-state index in [4.69, 9.17) is 5.84 Å². The second-order valence-corrected chi connectivity index (χ2v) is 7.68. The van der Waals surface area contributed by atoms with Crippen molar-refractivity contribution in [1.29, 1.82) is 0 Å². The number of anilines is 1. The Bertz CT molecular complexity index is 556. The number of sulfonamides is 1. The molecule has 112 valence electrons. The van der Waals surface area contributed by atoms with Crippen molar-refractivity contribution >= 4 is 16.0 Å². The molecule has 8 heteroatoms. The second-order valence-electron chi connectivity index (χ2n) is 5.97. The molecule has 0 spiro atoms. The Morgan fingerprint density at radius 3 is 2.55 bits per heavy atom. The van der Waals surface area contributed by atoms with Crippen molar-refractivity contribution in [3.8, 4) is 0 Å². The third-order valence-electron chi connectivity index (χ3n) is 3.59. The van der Waals surface area contributed by atoms with Crippen LogP contribution in [0, 0.1) is 5.41 Å². The smallest absolute Gasteiger partial charge is 0.243 e. The summed E-state index contributed by atoms with van der Waals surface area (Å²) in [7, 11) is -3.58. The number of hydrazine groups is 1. The van der Waals surface area contributed by atoms with Gasteiger partial charge in [-0.3, -0.25) is 5.43 Å². The third-order valence-corrected chi connectivity index (χ3v) is 5.07. The lowest BCUT2D eigenvalue weighted by Gasteiger charge is -2.35. The number of rotatable bonds is 4. The van der Waals surface area contributed by atoms with Crippen molar-refractivity contribution in [3.63, 3.8) is 0 Å². The number of hydrogen-bond donors (Lipinski definition) is 3. The highest BCUT2D eigenvalue weighted by molar-refractivity contribution is 7.89. The average molecular weight is 299 g/mol. The van der Waals surface area contributed by atoms with E-state index in [-0.39, 0.29) is 22.3 Å². The molecule has 2 rings (SSSR count). The van der Waals surface area contributed by atoms with Gasteiger partial charge in [-0.2, -0.15) is 0 Å². The molecular weight excluding hydrogens is 278 g/mol. The van der Waals surface area contributed by atoms with Crippen molar-refractivity contribution in [2.24, 2.45) is 11.3 Å². The van der Waals surface area contributed by atoms with Crippen LogP contribution in [0.25, 0.3) is 0 Å². The molecule has 1 saturated carbocycles. The second kappa shape index (κ2) is 5.63. The normalized spacial score (nSPS) is 22.4. The van der Waals surface area contributed by atoms with E-state index >= 15 is 0 Å². The van der Waals surface area contributed by atoms with Gasteiger partial charge in [-0.05, 0) is 24.7 Å². The van der Waals surface area contributed by atoms with Gasteiger partial charge in [-0.25, -0.2) is 29.0 Å². The molecule has 1 aromatic rings. The molecule has 0 aliphatic heterocycles. The quantitative estimate of drug-likeness (QED) is 0.565. The highest BCUT2D eigenvalue weighted by Crippen LogP contribution is 2.35. The number of nitrogens with zero attached hydrogens (tertiary/aromatic N) is 2. The molecule has 4 N–H and O–H groups in total. The molecule has 7 nitrogen and oxygen atoms in total. The number of nitrogen functional groups attached to an aromatic ring is 1. The fraction of sp³-hybridized carbons (Fsp3) is 0.667. The molecular formula is C12H21N5O2S. The fourth-order valence-electron chi connectivity index (χ4n) is 2.62. The molecule has 0 amide bonds. The minimum Gasteiger partial charge on any atom is -0.292 e. The summed E-state index contributed by atoms with van der Waals surface area (Å²) in [4.78, 5) is 7.69. The Labute approximate surface area is 119 Å². The molecule has 1 heterocycles. The van der Waals surface area contributed by atoms with E-state index in [2.05, 4.69) is 34.0 Å². The van der Waals surface area contributed by atoms with Gasteiger partial charge < -0.3 is 0 Å². The van der Waals surface area contributed by atoms with Crippen LogP contribution < -0.4 is 16.0 Å². The lowest BCUT2D eigenvalue weighted by molar-refractivity contribution is 0.212. The lowest BCUT2D eigenvalue weighted by atomic mass is 9.75. The lowest BCUT2D eigenvalue weighted by Crippen LogP contribution is -2.40. The SMILES string of the molecule is CC1(C)CCCC(NS(=O)(=O)c2cnc(NN)nc2)C1. The molecule has 0 aromatic carbocycles. The average Bonchev–Trinajstić information content (AvgIpc) is 2.37. The number of aromatic nitrogens is 2. The molecule has 1 aromatic heterocycles. The van der Waals surface area contributed by atoms with Crippen molar-refractivity contribution in [1.82, 2.24) is 14.7 Å². The maximum atomic E-state index is 12.3. The maximum absolute atomic E-state index is 12.3. The predicted molar refractivity (Wildman–Crippen MR) is 76.2 cm³/mol. The Hall–Kier alpha value is -1.25. The van der Waals surface area contributed by atoms with Crippen LogP contribution in [-0.4, -0.2) is 24.4 Å². The van der Waals surface area contributed by atoms with Crippen LogP contribution in [0.5, 0.6) is 0 Å². The van der Waals surface area contributed by atoms with Gasteiger partial charge >= 0.3 is 0 Å². The molecule has 0 saturated heterocycles. The molecule has 1 unspecified atom stereocenters. The molecule has 1 aliphatic rings. The largest absolute Gasteiger partial charge is 0.292 e. The summed E-state index contributed by atoms with van der Waals surface area (Å²) >= 11 is 0. The minimum atomic E-state index is -3.58. The zero-order valence-electron chi connectivity index (χ0n) is 11.8. The molecule has 0 radical (unpaired) electrons. The van der Waals surface area contributed by atoms with Crippen LogP contribution in [0.2, 0.25) is 0 Å². The molecule has 0 bridgehead atoms. The van der Waals surface area contributed by atoms with Gasteiger partial charge in [0.1, 0.15) is 4.90 Å². The summed E-state index contributed by atoms with van der Waals surface area (Å²) in [6.07, 6.45) is 6.37. The van der Waals surface area contributed by atoms with Gasteiger partial charge in [0.25, 0.3) is 0 Å². The first-order valence-corrected chi connectivity index (χ1v) is 8.12. The molecule has 1 aliphatic carbocycles. The topological polar surface area (TPSA) is 110 Å². The van der Waals surface area contributed by atoms with Crippen molar-refractivity contribution in [2.75, 3.05) is 5.43 Å². The zero-order chi connectivity index (χ0) is 14.8.